The molecule has 2 aromatic rings. The van der Waals surface area contributed by atoms with Gasteiger partial charge >= 0.3 is 5.97 Å². The number of benzene rings is 2. The molecule has 1 aliphatic heterocycles. The van der Waals surface area contributed by atoms with Crippen molar-refractivity contribution in [2.45, 2.75) is 12.8 Å². The summed E-state index contributed by atoms with van der Waals surface area (Å²) < 4.78 is 20.8. The zero-order chi connectivity index (χ0) is 21.7. The number of ketones is 1. The first kappa shape index (κ1) is 21.1. The fourth-order valence-corrected chi connectivity index (χ4v) is 3.33. The lowest BCUT2D eigenvalue weighted by Crippen LogP contribution is -2.35. The van der Waals surface area contributed by atoms with Crippen molar-refractivity contribution in [3.63, 3.8) is 0 Å². The first-order valence-corrected chi connectivity index (χ1v) is 9.30. The van der Waals surface area contributed by atoms with Gasteiger partial charge in [0.05, 0.1) is 19.6 Å². The average molecular weight is 415 g/mol. The summed E-state index contributed by atoms with van der Waals surface area (Å²) in [5.74, 6) is -2.40. The molecule has 3 rings (SSSR count). The Hall–Kier alpha value is -3.62. The Kier molecular flexibility index (Phi) is 6.51. The second-order valence-corrected chi connectivity index (χ2v) is 6.56. The number of fused-ring (bicyclic) bond motifs is 1. The molecule has 0 N–H and O–H groups in total. The molecule has 0 spiro atoms. The third kappa shape index (κ3) is 4.51. The Bertz CT molecular complexity index is 941. The van der Waals surface area contributed by atoms with Crippen molar-refractivity contribution >= 4 is 11.8 Å². The van der Waals surface area contributed by atoms with Crippen molar-refractivity contribution in [3.8, 4) is 17.2 Å². The molecule has 2 atom stereocenters. The minimum absolute atomic E-state index is 0.0325. The number of Topliss-reactive ketones (excluding diaryl/α,β-unsaturated/α-hetero) is 1. The summed E-state index contributed by atoms with van der Waals surface area (Å²) in [5.41, 5.74) is 0.638. The second-order valence-electron chi connectivity index (χ2n) is 6.56. The Morgan fingerprint density at radius 2 is 1.83 bits per heavy atom. The van der Waals surface area contributed by atoms with Gasteiger partial charge in [0, 0.05) is 10.5 Å². The van der Waals surface area contributed by atoms with Gasteiger partial charge in [-0.15, -0.1) is 0 Å². The molecule has 0 radical (unpaired) electrons. The van der Waals surface area contributed by atoms with Crippen LogP contribution in [0.5, 0.6) is 17.2 Å². The third-order valence-corrected chi connectivity index (χ3v) is 4.77. The van der Waals surface area contributed by atoms with Crippen LogP contribution in [0.1, 0.15) is 28.8 Å². The van der Waals surface area contributed by atoms with E-state index in [2.05, 4.69) is 0 Å². The summed E-state index contributed by atoms with van der Waals surface area (Å²) in [6.45, 7) is 1.04. The molecule has 2 unspecified atom stereocenters. The van der Waals surface area contributed by atoms with Gasteiger partial charge in [0.25, 0.3) is 0 Å². The van der Waals surface area contributed by atoms with Crippen LogP contribution in [0, 0.1) is 16.0 Å². The lowest BCUT2D eigenvalue weighted by Gasteiger charge is -2.22. The molecular formula is C21H21NO8. The average Bonchev–Trinajstić information content (AvgIpc) is 3.21. The van der Waals surface area contributed by atoms with Crippen molar-refractivity contribution in [2.24, 2.45) is 5.92 Å². The summed E-state index contributed by atoms with van der Waals surface area (Å²) in [7, 11) is 1.49. The maximum absolute atomic E-state index is 13.3. The highest BCUT2D eigenvalue weighted by Gasteiger charge is 2.41. The van der Waals surface area contributed by atoms with Crippen molar-refractivity contribution in [3.05, 3.63) is 63.7 Å². The number of hydrogen-bond donors (Lipinski definition) is 0. The molecule has 2 aromatic carbocycles. The van der Waals surface area contributed by atoms with Gasteiger partial charge in [0.1, 0.15) is 11.7 Å². The molecule has 9 nitrogen and oxygen atoms in total. The van der Waals surface area contributed by atoms with Gasteiger partial charge in [-0.1, -0.05) is 6.07 Å². The SMILES string of the molecule is CCOC(=O)C(C(=O)c1ccc(OC)cc1)C(C[N+](=O)[O-])c1ccc2c(c1)OCO2. The maximum atomic E-state index is 13.3. The molecule has 158 valence electrons. The number of carbonyl (C=O) groups excluding carboxylic acids is 2. The van der Waals surface area contributed by atoms with Gasteiger partial charge in [0.2, 0.25) is 13.3 Å². The quantitative estimate of drug-likeness (QED) is 0.202. The van der Waals surface area contributed by atoms with Gasteiger partial charge in [-0.05, 0) is 48.9 Å². The number of esters is 1. The summed E-state index contributed by atoms with van der Waals surface area (Å²) >= 11 is 0. The molecule has 0 amide bonds. The highest BCUT2D eigenvalue weighted by molar-refractivity contribution is 6.09. The first-order chi connectivity index (χ1) is 14.4. The summed E-state index contributed by atoms with van der Waals surface area (Å²) in [5, 5.41) is 11.4. The molecule has 0 aliphatic carbocycles. The first-order valence-electron chi connectivity index (χ1n) is 9.30. The maximum Gasteiger partial charge on any atom is 0.317 e. The monoisotopic (exact) mass is 415 g/mol. The van der Waals surface area contributed by atoms with Crippen LogP contribution in [0.4, 0.5) is 0 Å². The molecule has 0 saturated heterocycles. The fourth-order valence-electron chi connectivity index (χ4n) is 3.33. The van der Waals surface area contributed by atoms with E-state index in [0.717, 1.165) is 0 Å². The number of ether oxygens (including phenoxy) is 4. The Morgan fingerprint density at radius 1 is 1.13 bits per heavy atom. The van der Waals surface area contributed by atoms with Crippen LogP contribution in [-0.2, 0) is 9.53 Å². The molecule has 30 heavy (non-hydrogen) atoms. The molecule has 0 fully saturated rings. The molecule has 0 saturated carbocycles. The molecule has 1 aliphatic rings. The Morgan fingerprint density at radius 3 is 2.47 bits per heavy atom. The van der Waals surface area contributed by atoms with Crippen LogP contribution in [0.3, 0.4) is 0 Å². The van der Waals surface area contributed by atoms with Crippen LogP contribution in [-0.4, -0.2) is 43.7 Å². The van der Waals surface area contributed by atoms with Crippen molar-refractivity contribution in [1.82, 2.24) is 0 Å². The summed E-state index contributed by atoms with van der Waals surface area (Å²) in [6.07, 6.45) is 0. The topological polar surface area (TPSA) is 114 Å². The second kappa shape index (κ2) is 9.25. The minimum atomic E-state index is -1.40. The number of carbonyl (C=O) groups is 2. The van der Waals surface area contributed by atoms with E-state index in [1.807, 2.05) is 0 Å². The molecule has 1 heterocycles. The van der Waals surface area contributed by atoms with E-state index in [1.54, 1.807) is 37.3 Å². The van der Waals surface area contributed by atoms with Crippen molar-refractivity contribution in [2.75, 3.05) is 27.1 Å². The van der Waals surface area contributed by atoms with E-state index in [0.29, 0.717) is 22.8 Å². The lowest BCUT2D eigenvalue weighted by atomic mass is 9.81. The number of hydrogen-bond acceptors (Lipinski definition) is 8. The van der Waals surface area contributed by atoms with Crippen molar-refractivity contribution in [1.29, 1.82) is 0 Å². The van der Waals surface area contributed by atoms with E-state index in [9.17, 15) is 19.7 Å². The molecule has 0 bridgehead atoms. The summed E-state index contributed by atoms with van der Waals surface area (Å²) in [4.78, 5) is 36.9. The van der Waals surface area contributed by atoms with Crippen LogP contribution in [0.25, 0.3) is 0 Å². The number of methoxy groups -OCH3 is 1. The zero-order valence-corrected chi connectivity index (χ0v) is 16.5. The highest BCUT2D eigenvalue weighted by Crippen LogP contribution is 2.38. The van der Waals surface area contributed by atoms with Crippen LogP contribution < -0.4 is 14.2 Å². The van der Waals surface area contributed by atoms with Crippen LogP contribution >= 0.6 is 0 Å². The van der Waals surface area contributed by atoms with E-state index >= 15 is 0 Å². The van der Waals surface area contributed by atoms with Gasteiger partial charge in [0.15, 0.2) is 17.3 Å². The van der Waals surface area contributed by atoms with E-state index in [1.165, 1.54) is 19.2 Å². The standard InChI is InChI=1S/C21H21NO8/c1-3-28-21(24)19(20(23)13-4-7-15(27-2)8-5-13)16(11-22(25)26)14-6-9-17-18(10-14)30-12-29-17/h4-10,16,19H,3,11-12H2,1-2H3. The predicted molar refractivity (Wildman–Crippen MR) is 105 cm³/mol. The number of nitro groups is 1. The fraction of sp³-hybridized carbons (Fsp3) is 0.333. The number of rotatable bonds is 9. The van der Waals surface area contributed by atoms with Crippen molar-refractivity contribution < 1.29 is 33.5 Å². The smallest absolute Gasteiger partial charge is 0.317 e. The van der Waals surface area contributed by atoms with E-state index in [4.69, 9.17) is 18.9 Å². The van der Waals surface area contributed by atoms with Gasteiger partial charge in [-0.3, -0.25) is 19.7 Å². The Labute approximate surface area is 172 Å². The number of nitrogens with zero attached hydrogens (tertiary/aromatic N) is 1. The van der Waals surface area contributed by atoms with Crippen LogP contribution in [0.2, 0.25) is 0 Å². The highest BCUT2D eigenvalue weighted by atomic mass is 16.7. The molecular weight excluding hydrogens is 394 g/mol. The predicted octanol–water partition coefficient (Wildman–Crippen LogP) is 2.85. The summed E-state index contributed by atoms with van der Waals surface area (Å²) in [6, 6.07) is 10.9. The largest absolute Gasteiger partial charge is 0.497 e. The van der Waals surface area contributed by atoms with Gasteiger partial charge < -0.3 is 18.9 Å². The molecule has 0 aromatic heterocycles. The minimum Gasteiger partial charge on any atom is -0.497 e. The van der Waals surface area contributed by atoms with Gasteiger partial charge in [-0.25, -0.2) is 0 Å². The normalized spacial score (nSPS) is 13.9. The van der Waals surface area contributed by atoms with E-state index < -0.39 is 35.1 Å². The van der Waals surface area contributed by atoms with Crippen LogP contribution in [0.15, 0.2) is 42.5 Å². The third-order valence-electron chi connectivity index (χ3n) is 4.77. The zero-order valence-electron chi connectivity index (χ0n) is 16.5. The Balaban J connectivity index is 2.03. The molecule has 9 heteroatoms. The van der Waals surface area contributed by atoms with E-state index in [-0.39, 0.29) is 19.0 Å². The lowest BCUT2D eigenvalue weighted by molar-refractivity contribution is -0.484. The van der Waals surface area contributed by atoms with Gasteiger partial charge in [-0.2, -0.15) is 0 Å².